The number of amides is 2. The topological polar surface area (TPSA) is 84.9 Å². The molecule has 2 aromatic rings. The fourth-order valence-electron chi connectivity index (χ4n) is 4.81. The van der Waals surface area contributed by atoms with Crippen LogP contribution in [0.25, 0.3) is 0 Å². The molecule has 2 aromatic carbocycles. The maximum Gasteiger partial charge on any atom is 0.326 e. The first-order chi connectivity index (χ1) is 14.8. The molecule has 0 spiro atoms. The number of hydrogen-bond donors (Lipinski definition) is 1. The summed E-state index contributed by atoms with van der Waals surface area (Å²) in [6.07, 6.45) is 0. The summed E-state index contributed by atoms with van der Waals surface area (Å²) in [4.78, 5) is 41.4. The second-order valence-electron chi connectivity index (χ2n) is 8.12. The summed E-state index contributed by atoms with van der Waals surface area (Å²) in [5, 5.41) is 3.30. The van der Waals surface area contributed by atoms with Crippen LogP contribution in [0.2, 0.25) is 0 Å². The van der Waals surface area contributed by atoms with Crippen molar-refractivity contribution in [2.45, 2.75) is 32.4 Å². The molecule has 0 radical (unpaired) electrons. The van der Waals surface area contributed by atoms with E-state index < -0.39 is 35.3 Å². The predicted octanol–water partition coefficient (Wildman–Crippen LogP) is 2.78. The minimum Gasteiger partial charge on any atom is -0.497 e. The number of aryl methyl sites for hydroxylation is 1. The van der Waals surface area contributed by atoms with Crippen molar-refractivity contribution in [1.29, 1.82) is 0 Å². The van der Waals surface area contributed by atoms with Crippen LogP contribution in [-0.2, 0) is 19.1 Å². The van der Waals surface area contributed by atoms with Gasteiger partial charge >= 0.3 is 5.97 Å². The highest BCUT2D eigenvalue weighted by molar-refractivity contribution is 6.24. The van der Waals surface area contributed by atoms with Crippen molar-refractivity contribution in [3.8, 4) is 5.75 Å². The number of hydrogen-bond acceptors (Lipinski definition) is 6. The van der Waals surface area contributed by atoms with Gasteiger partial charge in [-0.25, -0.2) is 4.90 Å². The van der Waals surface area contributed by atoms with E-state index >= 15 is 0 Å². The number of carbonyl (C=O) groups excluding carboxylic acids is 3. The SMILES string of the molecule is CCOC(=O)[C@]1(C)N[C@H](c2ccccc2C)[C@@H]2C(=O)N(c3cccc(OC)c3)C(=O)[C@@H]21. The molecule has 2 aliphatic rings. The van der Waals surface area contributed by atoms with Crippen LogP contribution in [0.4, 0.5) is 5.69 Å². The number of carbonyl (C=O) groups is 3. The highest BCUT2D eigenvalue weighted by Crippen LogP contribution is 2.50. The first-order valence-electron chi connectivity index (χ1n) is 10.4. The van der Waals surface area contributed by atoms with E-state index in [-0.39, 0.29) is 12.5 Å². The molecule has 0 unspecified atom stereocenters. The smallest absolute Gasteiger partial charge is 0.326 e. The fraction of sp³-hybridized carbons (Fsp3) is 0.375. The predicted molar refractivity (Wildman–Crippen MR) is 115 cm³/mol. The summed E-state index contributed by atoms with van der Waals surface area (Å²) in [5.41, 5.74) is 0.971. The summed E-state index contributed by atoms with van der Waals surface area (Å²) < 4.78 is 10.6. The van der Waals surface area contributed by atoms with E-state index in [1.54, 1.807) is 38.1 Å². The molecule has 0 aromatic heterocycles. The van der Waals surface area contributed by atoms with Gasteiger partial charge in [0.25, 0.3) is 0 Å². The van der Waals surface area contributed by atoms with Gasteiger partial charge in [-0.05, 0) is 44.0 Å². The van der Waals surface area contributed by atoms with Gasteiger partial charge in [0.05, 0.1) is 31.2 Å². The van der Waals surface area contributed by atoms with E-state index in [4.69, 9.17) is 9.47 Å². The molecule has 2 aliphatic heterocycles. The molecule has 1 N–H and O–H groups in total. The Morgan fingerprint density at radius 2 is 1.87 bits per heavy atom. The van der Waals surface area contributed by atoms with Crippen molar-refractivity contribution in [2.24, 2.45) is 11.8 Å². The lowest BCUT2D eigenvalue weighted by Gasteiger charge is -2.29. The molecular weight excluding hydrogens is 396 g/mol. The molecule has 4 atom stereocenters. The molecule has 2 saturated heterocycles. The maximum absolute atomic E-state index is 13.6. The van der Waals surface area contributed by atoms with Crippen LogP contribution in [0, 0.1) is 18.8 Å². The first kappa shape index (κ1) is 21.1. The van der Waals surface area contributed by atoms with Crippen LogP contribution >= 0.6 is 0 Å². The van der Waals surface area contributed by atoms with Gasteiger partial charge in [0.2, 0.25) is 11.8 Å². The van der Waals surface area contributed by atoms with E-state index in [1.165, 1.54) is 12.0 Å². The molecule has 2 amide bonds. The lowest BCUT2D eigenvalue weighted by atomic mass is 9.80. The Morgan fingerprint density at radius 3 is 2.55 bits per heavy atom. The van der Waals surface area contributed by atoms with E-state index in [1.807, 2.05) is 31.2 Å². The van der Waals surface area contributed by atoms with Crippen LogP contribution in [-0.4, -0.2) is 37.0 Å². The van der Waals surface area contributed by atoms with E-state index in [0.717, 1.165) is 11.1 Å². The molecule has 7 nitrogen and oxygen atoms in total. The normalized spacial score (nSPS) is 27.4. The van der Waals surface area contributed by atoms with Gasteiger partial charge in [0.1, 0.15) is 11.3 Å². The Labute approximate surface area is 181 Å². The number of ether oxygens (including phenoxy) is 2. The molecule has 0 saturated carbocycles. The average Bonchev–Trinajstić information content (AvgIpc) is 3.22. The molecular formula is C24H26N2O5. The minimum atomic E-state index is -1.33. The highest BCUT2D eigenvalue weighted by Gasteiger charge is 2.67. The molecule has 31 heavy (non-hydrogen) atoms. The van der Waals surface area contributed by atoms with Crippen molar-refractivity contribution in [3.63, 3.8) is 0 Å². The van der Waals surface area contributed by atoms with Crippen LogP contribution in [0.3, 0.4) is 0 Å². The number of esters is 1. The zero-order valence-corrected chi connectivity index (χ0v) is 18.0. The zero-order valence-electron chi connectivity index (χ0n) is 18.0. The Kier molecular flexibility index (Phi) is 5.31. The first-order valence-corrected chi connectivity index (χ1v) is 10.4. The largest absolute Gasteiger partial charge is 0.497 e. The van der Waals surface area contributed by atoms with Crippen LogP contribution in [0.1, 0.15) is 31.0 Å². The third-order valence-electron chi connectivity index (χ3n) is 6.32. The summed E-state index contributed by atoms with van der Waals surface area (Å²) in [5.74, 6) is -2.35. The molecule has 0 aliphatic carbocycles. The van der Waals surface area contributed by atoms with Crippen LogP contribution < -0.4 is 15.0 Å². The standard InChI is InChI=1S/C24H26N2O5/c1-5-31-23(29)24(3)19-18(20(25-24)17-12-7-6-9-14(17)2)21(27)26(22(19)28)15-10-8-11-16(13-15)30-4/h6-13,18-20,25H,5H2,1-4H3/t18-,19-,20-,24-/m1/s1. The molecule has 7 heteroatoms. The quantitative estimate of drug-likeness (QED) is 0.589. The van der Waals surface area contributed by atoms with Crippen molar-refractivity contribution < 1.29 is 23.9 Å². The Bertz CT molecular complexity index is 1050. The van der Waals surface area contributed by atoms with Gasteiger partial charge in [-0.2, -0.15) is 0 Å². The van der Waals surface area contributed by atoms with Crippen LogP contribution in [0.5, 0.6) is 5.75 Å². The third kappa shape index (κ3) is 3.20. The molecule has 162 valence electrons. The zero-order chi connectivity index (χ0) is 22.3. The van der Waals surface area contributed by atoms with Crippen molar-refractivity contribution in [1.82, 2.24) is 5.32 Å². The number of anilines is 1. The summed E-state index contributed by atoms with van der Waals surface area (Å²) >= 11 is 0. The van der Waals surface area contributed by atoms with Gasteiger partial charge in [-0.3, -0.25) is 19.7 Å². The summed E-state index contributed by atoms with van der Waals surface area (Å²) in [7, 11) is 1.53. The number of benzene rings is 2. The Hall–Kier alpha value is -3.19. The molecule has 0 bridgehead atoms. The number of fused-ring (bicyclic) bond motifs is 1. The second kappa shape index (κ2) is 7.81. The van der Waals surface area contributed by atoms with Gasteiger partial charge in [-0.15, -0.1) is 0 Å². The lowest BCUT2D eigenvalue weighted by molar-refractivity contribution is -0.153. The highest BCUT2D eigenvalue weighted by atomic mass is 16.5. The fourth-order valence-corrected chi connectivity index (χ4v) is 4.81. The van der Waals surface area contributed by atoms with Crippen molar-refractivity contribution >= 4 is 23.5 Å². The average molecular weight is 422 g/mol. The summed E-state index contributed by atoms with van der Waals surface area (Å²) in [6, 6.07) is 14.0. The lowest BCUT2D eigenvalue weighted by Crippen LogP contribution is -2.54. The van der Waals surface area contributed by atoms with E-state index in [0.29, 0.717) is 11.4 Å². The van der Waals surface area contributed by atoms with Gasteiger partial charge in [0.15, 0.2) is 0 Å². The number of nitrogens with zero attached hydrogens (tertiary/aromatic N) is 1. The minimum absolute atomic E-state index is 0.185. The third-order valence-corrected chi connectivity index (χ3v) is 6.32. The van der Waals surface area contributed by atoms with E-state index in [9.17, 15) is 14.4 Å². The maximum atomic E-state index is 13.6. The van der Waals surface area contributed by atoms with Crippen molar-refractivity contribution in [3.05, 3.63) is 59.7 Å². The second-order valence-corrected chi connectivity index (χ2v) is 8.12. The number of rotatable bonds is 5. The molecule has 2 fully saturated rings. The van der Waals surface area contributed by atoms with Crippen molar-refractivity contribution in [2.75, 3.05) is 18.6 Å². The monoisotopic (exact) mass is 422 g/mol. The van der Waals surface area contributed by atoms with Gasteiger partial charge in [-0.1, -0.05) is 30.3 Å². The van der Waals surface area contributed by atoms with Crippen LogP contribution in [0.15, 0.2) is 48.5 Å². The van der Waals surface area contributed by atoms with E-state index in [2.05, 4.69) is 5.32 Å². The number of nitrogens with one attached hydrogen (secondary N) is 1. The van der Waals surface area contributed by atoms with Gasteiger partial charge < -0.3 is 9.47 Å². The molecule has 2 heterocycles. The summed E-state index contributed by atoms with van der Waals surface area (Å²) in [6.45, 7) is 5.51. The number of methoxy groups -OCH3 is 1. The Balaban J connectivity index is 1.83. The number of imide groups is 1. The Morgan fingerprint density at radius 1 is 1.13 bits per heavy atom. The molecule has 4 rings (SSSR count). The van der Waals surface area contributed by atoms with Gasteiger partial charge in [0, 0.05) is 12.1 Å².